The highest BCUT2D eigenvalue weighted by atomic mass is 32.1. The summed E-state index contributed by atoms with van der Waals surface area (Å²) in [7, 11) is 1.65. The zero-order valence-corrected chi connectivity index (χ0v) is 17.3. The quantitative estimate of drug-likeness (QED) is 0.309. The Morgan fingerprint density at radius 3 is 2.19 bits per heavy atom. The van der Waals surface area contributed by atoms with Crippen LogP contribution in [0.15, 0.2) is 17.5 Å². The number of nitrogens with zero attached hydrogens (tertiary/aromatic N) is 1. The predicted molar refractivity (Wildman–Crippen MR) is 108 cm³/mol. The highest BCUT2D eigenvalue weighted by molar-refractivity contribution is 7.10. The number of amides is 1. The maximum atomic E-state index is 12.0. The molecule has 1 aromatic heterocycles. The lowest BCUT2D eigenvalue weighted by Crippen LogP contribution is -2.34. The first-order valence-corrected chi connectivity index (χ1v) is 10.9. The lowest BCUT2D eigenvalue weighted by atomic mass is 10.1. The van der Waals surface area contributed by atoms with E-state index in [0.717, 1.165) is 17.7 Å². The Kier molecular flexibility index (Phi) is 12.9. The SMILES string of the molecule is CCCCCCCCCCCCOC(=O)CN(C)C(=O)Cc1cccs1. The number of unbranched alkanes of at least 4 members (excludes halogenated alkanes) is 9. The molecular weight excluding hydrogens is 346 g/mol. The molecule has 0 aliphatic carbocycles. The third-order valence-electron chi connectivity index (χ3n) is 4.46. The summed E-state index contributed by atoms with van der Waals surface area (Å²) in [5.74, 6) is -0.369. The van der Waals surface area contributed by atoms with Gasteiger partial charge < -0.3 is 9.64 Å². The first-order chi connectivity index (χ1) is 12.6. The Morgan fingerprint density at radius 1 is 1.00 bits per heavy atom. The number of ether oxygens (including phenoxy) is 1. The van der Waals surface area contributed by atoms with Crippen molar-refractivity contribution >= 4 is 23.2 Å². The average Bonchev–Trinajstić information content (AvgIpc) is 3.12. The molecule has 1 rings (SSSR count). The minimum atomic E-state index is -0.317. The van der Waals surface area contributed by atoms with Crippen LogP contribution in [0.4, 0.5) is 0 Å². The molecule has 0 aliphatic heterocycles. The first kappa shape index (κ1) is 22.7. The van der Waals surface area contributed by atoms with Crippen LogP contribution in [-0.2, 0) is 20.7 Å². The first-order valence-electron chi connectivity index (χ1n) is 10.1. The average molecular weight is 382 g/mol. The van der Waals surface area contributed by atoms with Crippen LogP contribution in [0.1, 0.15) is 76.0 Å². The van der Waals surface area contributed by atoms with Crippen molar-refractivity contribution in [1.29, 1.82) is 0 Å². The number of carbonyl (C=O) groups excluding carboxylic acids is 2. The van der Waals surface area contributed by atoms with Crippen LogP contribution >= 0.6 is 11.3 Å². The summed E-state index contributed by atoms with van der Waals surface area (Å²) >= 11 is 1.55. The second kappa shape index (κ2) is 14.8. The fraction of sp³-hybridized carbons (Fsp3) is 0.714. The molecular formula is C21H35NO3S. The monoisotopic (exact) mass is 381 g/mol. The zero-order valence-electron chi connectivity index (χ0n) is 16.5. The highest BCUT2D eigenvalue weighted by Gasteiger charge is 2.14. The number of rotatable bonds is 15. The molecule has 5 heteroatoms. The summed E-state index contributed by atoms with van der Waals surface area (Å²) in [6, 6.07) is 3.86. The van der Waals surface area contributed by atoms with E-state index in [0.29, 0.717) is 13.0 Å². The Labute approximate surface area is 162 Å². The summed E-state index contributed by atoms with van der Waals surface area (Å²) < 4.78 is 5.24. The Morgan fingerprint density at radius 2 is 1.62 bits per heavy atom. The van der Waals surface area contributed by atoms with E-state index in [1.165, 1.54) is 56.3 Å². The molecule has 0 aromatic carbocycles. The number of hydrogen-bond donors (Lipinski definition) is 0. The van der Waals surface area contributed by atoms with Crippen molar-refractivity contribution < 1.29 is 14.3 Å². The molecule has 0 spiro atoms. The highest BCUT2D eigenvalue weighted by Crippen LogP contribution is 2.11. The molecule has 0 bridgehead atoms. The minimum Gasteiger partial charge on any atom is -0.464 e. The minimum absolute atomic E-state index is 0.0297. The molecule has 1 aromatic rings. The van der Waals surface area contributed by atoms with Gasteiger partial charge in [0, 0.05) is 11.9 Å². The molecule has 1 heterocycles. The van der Waals surface area contributed by atoms with Gasteiger partial charge in [0.25, 0.3) is 0 Å². The summed E-state index contributed by atoms with van der Waals surface area (Å²) in [6.45, 7) is 2.73. The van der Waals surface area contributed by atoms with E-state index in [9.17, 15) is 9.59 Å². The lowest BCUT2D eigenvalue weighted by molar-refractivity contribution is -0.148. The number of thiophene rings is 1. The number of hydrogen-bond acceptors (Lipinski definition) is 4. The van der Waals surface area contributed by atoms with Crippen LogP contribution in [0.5, 0.6) is 0 Å². The fourth-order valence-electron chi connectivity index (χ4n) is 2.80. The van der Waals surface area contributed by atoms with E-state index >= 15 is 0 Å². The largest absolute Gasteiger partial charge is 0.464 e. The van der Waals surface area contributed by atoms with Gasteiger partial charge in [0.15, 0.2) is 0 Å². The molecule has 0 aliphatic rings. The van der Waals surface area contributed by atoms with Crippen molar-refractivity contribution in [1.82, 2.24) is 4.90 Å². The van der Waals surface area contributed by atoms with Crippen molar-refractivity contribution in [3.63, 3.8) is 0 Å². The number of carbonyl (C=O) groups is 2. The molecule has 1 amide bonds. The summed E-state index contributed by atoms with van der Waals surface area (Å²) in [4.78, 5) is 26.3. The van der Waals surface area contributed by atoms with Crippen LogP contribution in [0.3, 0.4) is 0 Å². The predicted octanol–water partition coefficient (Wildman–Crippen LogP) is 5.21. The van der Waals surface area contributed by atoms with Crippen LogP contribution in [-0.4, -0.2) is 37.0 Å². The van der Waals surface area contributed by atoms with Gasteiger partial charge >= 0.3 is 5.97 Å². The van der Waals surface area contributed by atoms with Gasteiger partial charge in [-0.25, -0.2) is 0 Å². The standard InChI is InChI=1S/C21H35NO3S/c1-3-4-5-6-7-8-9-10-11-12-15-25-21(24)18-22(2)20(23)17-19-14-13-16-26-19/h13-14,16H,3-12,15,17-18H2,1-2H3. The van der Waals surface area contributed by atoms with Crippen LogP contribution in [0.25, 0.3) is 0 Å². The Balaban J connectivity index is 1.95. The Hall–Kier alpha value is -1.36. The van der Waals surface area contributed by atoms with Gasteiger partial charge in [0.1, 0.15) is 6.54 Å². The van der Waals surface area contributed by atoms with Crippen molar-refractivity contribution in [3.05, 3.63) is 22.4 Å². The summed E-state index contributed by atoms with van der Waals surface area (Å²) in [5, 5.41) is 1.95. The van der Waals surface area contributed by atoms with Crippen LogP contribution < -0.4 is 0 Å². The zero-order chi connectivity index (χ0) is 19.0. The third-order valence-corrected chi connectivity index (χ3v) is 5.33. The summed E-state index contributed by atoms with van der Waals surface area (Å²) in [6.07, 6.45) is 12.9. The second-order valence-corrected chi connectivity index (χ2v) is 7.94. The van der Waals surface area contributed by atoms with Gasteiger partial charge in [-0.15, -0.1) is 11.3 Å². The molecule has 0 saturated carbocycles. The number of likely N-dealkylation sites (N-methyl/N-ethyl adjacent to an activating group) is 1. The second-order valence-electron chi connectivity index (χ2n) is 6.91. The van der Waals surface area contributed by atoms with Gasteiger partial charge in [-0.05, 0) is 17.9 Å². The molecule has 4 nitrogen and oxygen atoms in total. The lowest BCUT2D eigenvalue weighted by Gasteiger charge is -2.15. The van der Waals surface area contributed by atoms with E-state index in [1.54, 1.807) is 18.4 Å². The fourth-order valence-corrected chi connectivity index (χ4v) is 3.50. The maximum absolute atomic E-state index is 12.0. The van der Waals surface area contributed by atoms with Crippen LogP contribution in [0, 0.1) is 0 Å². The molecule has 0 atom stereocenters. The Bertz CT molecular complexity index is 487. The van der Waals surface area contributed by atoms with Gasteiger partial charge in [-0.3, -0.25) is 9.59 Å². The molecule has 26 heavy (non-hydrogen) atoms. The van der Waals surface area contributed by atoms with Gasteiger partial charge in [0.2, 0.25) is 5.91 Å². The van der Waals surface area contributed by atoms with Crippen molar-refractivity contribution in [2.45, 2.75) is 77.6 Å². The third kappa shape index (κ3) is 11.3. The van der Waals surface area contributed by atoms with Crippen molar-refractivity contribution in [2.24, 2.45) is 0 Å². The van der Waals surface area contributed by atoms with E-state index in [4.69, 9.17) is 4.74 Å². The van der Waals surface area contributed by atoms with Gasteiger partial charge in [0.05, 0.1) is 13.0 Å². The van der Waals surface area contributed by atoms with Crippen LogP contribution in [0.2, 0.25) is 0 Å². The molecule has 0 N–H and O–H groups in total. The van der Waals surface area contributed by atoms with Gasteiger partial charge in [-0.1, -0.05) is 70.8 Å². The smallest absolute Gasteiger partial charge is 0.325 e. The van der Waals surface area contributed by atoms with Gasteiger partial charge in [-0.2, -0.15) is 0 Å². The molecule has 0 unspecified atom stereocenters. The van der Waals surface area contributed by atoms with Crippen molar-refractivity contribution in [2.75, 3.05) is 20.2 Å². The normalized spacial score (nSPS) is 10.7. The van der Waals surface area contributed by atoms with E-state index < -0.39 is 0 Å². The topological polar surface area (TPSA) is 46.6 Å². The van der Waals surface area contributed by atoms with E-state index in [-0.39, 0.29) is 18.4 Å². The van der Waals surface area contributed by atoms with Crippen molar-refractivity contribution in [3.8, 4) is 0 Å². The maximum Gasteiger partial charge on any atom is 0.325 e. The molecule has 0 saturated heterocycles. The molecule has 148 valence electrons. The van der Waals surface area contributed by atoms with E-state index in [1.807, 2.05) is 17.5 Å². The summed E-state index contributed by atoms with van der Waals surface area (Å²) in [5.41, 5.74) is 0. The number of esters is 1. The van der Waals surface area contributed by atoms with E-state index in [2.05, 4.69) is 6.92 Å². The molecule has 0 fully saturated rings. The molecule has 0 radical (unpaired) electrons.